The average Bonchev–Trinajstić information content (AvgIpc) is 2.43. The number of hydrogen-bond donors (Lipinski definition) is 2. The van der Waals surface area contributed by atoms with Gasteiger partial charge in [-0.15, -0.1) is 0 Å². The Labute approximate surface area is 113 Å². The molecule has 1 atom stereocenters. The van der Waals surface area contributed by atoms with Gasteiger partial charge < -0.3 is 15.2 Å². The van der Waals surface area contributed by atoms with Crippen molar-refractivity contribution < 1.29 is 14.6 Å². The molecule has 0 saturated heterocycles. The van der Waals surface area contributed by atoms with Crippen LogP contribution in [0.4, 0.5) is 0 Å². The van der Waals surface area contributed by atoms with E-state index >= 15 is 0 Å². The minimum absolute atomic E-state index is 0.195. The number of rotatable bonds is 5. The predicted molar refractivity (Wildman–Crippen MR) is 71.6 cm³/mol. The normalized spacial score (nSPS) is 11.3. The second-order valence-electron chi connectivity index (χ2n) is 4.16. The number of aliphatic hydroxyl groups excluding tert-OH is 1. The Hall–Kier alpha value is -1.90. The molecule has 0 bridgehead atoms. The number of carbonyl (C=O) groups excluding carboxylic acids is 1. The zero-order valence-electron chi connectivity index (χ0n) is 11.1. The lowest BCUT2D eigenvalue weighted by molar-refractivity contribution is 0.0929. The third-order valence-corrected chi connectivity index (χ3v) is 2.37. The number of nitrogens with one attached hydrogen (secondary N) is 1. The van der Waals surface area contributed by atoms with Gasteiger partial charge in [-0.3, -0.25) is 4.79 Å². The largest absolute Gasteiger partial charge is 0.384 e. The predicted octanol–water partition coefficient (Wildman–Crippen LogP) is 0.438. The van der Waals surface area contributed by atoms with Crippen LogP contribution < -0.4 is 5.32 Å². The lowest BCUT2D eigenvalue weighted by Gasteiger charge is -2.11. The summed E-state index contributed by atoms with van der Waals surface area (Å²) in [7, 11) is 1.63. The number of aromatic nitrogens is 1. The minimum Gasteiger partial charge on any atom is -0.384 e. The number of ether oxygens (including phenoxy) is 1. The highest BCUT2D eigenvalue weighted by Gasteiger charge is 2.08. The maximum Gasteiger partial charge on any atom is 0.269 e. The zero-order valence-corrected chi connectivity index (χ0v) is 11.1. The molecule has 0 saturated carbocycles. The number of nitrogens with zero attached hydrogens (tertiary/aromatic N) is 1. The average molecular weight is 262 g/mol. The molecule has 1 unspecified atom stereocenters. The summed E-state index contributed by atoms with van der Waals surface area (Å²) in [5, 5.41) is 11.4. The zero-order chi connectivity index (χ0) is 14.1. The fourth-order valence-electron chi connectivity index (χ4n) is 1.44. The molecule has 5 heteroatoms. The highest BCUT2D eigenvalue weighted by atomic mass is 16.5. The lowest BCUT2D eigenvalue weighted by atomic mass is 10.2. The first-order chi connectivity index (χ1) is 9.17. The second-order valence-corrected chi connectivity index (χ2v) is 4.16. The monoisotopic (exact) mass is 262 g/mol. The minimum atomic E-state index is -0.218. The van der Waals surface area contributed by atoms with E-state index in [2.05, 4.69) is 22.1 Å². The van der Waals surface area contributed by atoms with E-state index in [0.717, 1.165) is 0 Å². The van der Waals surface area contributed by atoms with E-state index in [4.69, 9.17) is 9.84 Å². The molecule has 1 heterocycles. The van der Waals surface area contributed by atoms with Crippen LogP contribution in [0.15, 0.2) is 18.3 Å². The van der Waals surface area contributed by atoms with Gasteiger partial charge >= 0.3 is 0 Å². The van der Waals surface area contributed by atoms with Crippen LogP contribution in [0.2, 0.25) is 0 Å². The molecule has 0 radical (unpaired) electrons. The van der Waals surface area contributed by atoms with Crippen LogP contribution in [-0.2, 0) is 4.74 Å². The van der Waals surface area contributed by atoms with Gasteiger partial charge in [-0.2, -0.15) is 0 Å². The first-order valence-corrected chi connectivity index (χ1v) is 6.00. The second kappa shape index (κ2) is 8.25. The summed E-state index contributed by atoms with van der Waals surface area (Å²) in [6, 6.07) is 3.31. The summed E-state index contributed by atoms with van der Waals surface area (Å²) in [5.74, 6) is 5.27. The number of carbonyl (C=O) groups is 1. The third kappa shape index (κ3) is 5.51. The van der Waals surface area contributed by atoms with Crippen LogP contribution >= 0.6 is 0 Å². The van der Waals surface area contributed by atoms with Crippen molar-refractivity contribution in [3.63, 3.8) is 0 Å². The summed E-state index contributed by atoms with van der Waals surface area (Å²) in [4.78, 5) is 15.8. The third-order valence-electron chi connectivity index (χ3n) is 2.37. The van der Waals surface area contributed by atoms with Gasteiger partial charge in [-0.1, -0.05) is 18.8 Å². The lowest BCUT2D eigenvalue weighted by Crippen LogP contribution is -2.30. The molecule has 1 aromatic rings. The summed E-state index contributed by atoms with van der Waals surface area (Å²) in [5.41, 5.74) is 1.01. The Morgan fingerprint density at radius 3 is 2.95 bits per heavy atom. The van der Waals surface area contributed by atoms with Crippen LogP contribution in [0.3, 0.4) is 0 Å². The van der Waals surface area contributed by atoms with Crippen molar-refractivity contribution >= 4 is 5.91 Å². The van der Waals surface area contributed by atoms with E-state index in [9.17, 15) is 4.79 Å². The van der Waals surface area contributed by atoms with E-state index in [0.29, 0.717) is 24.4 Å². The van der Waals surface area contributed by atoms with Crippen LogP contribution in [-0.4, -0.2) is 42.9 Å². The van der Waals surface area contributed by atoms with Crippen molar-refractivity contribution in [2.24, 2.45) is 5.92 Å². The Morgan fingerprint density at radius 1 is 1.58 bits per heavy atom. The van der Waals surface area contributed by atoms with E-state index in [1.807, 2.05) is 6.92 Å². The molecule has 19 heavy (non-hydrogen) atoms. The topological polar surface area (TPSA) is 71.5 Å². The molecule has 0 fully saturated rings. The van der Waals surface area contributed by atoms with Gasteiger partial charge in [0.05, 0.1) is 6.61 Å². The Morgan fingerprint density at radius 2 is 2.37 bits per heavy atom. The van der Waals surface area contributed by atoms with E-state index in [1.54, 1.807) is 19.2 Å². The first-order valence-electron chi connectivity index (χ1n) is 6.00. The van der Waals surface area contributed by atoms with E-state index in [1.165, 1.54) is 6.20 Å². The van der Waals surface area contributed by atoms with Gasteiger partial charge in [0.15, 0.2) is 0 Å². The molecule has 0 aromatic carbocycles. The molecule has 102 valence electrons. The molecular formula is C14H18N2O3. The number of hydrogen-bond acceptors (Lipinski definition) is 4. The molecule has 2 N–H and O–H groups in total. The molecule has 1 rings (SSSR count). The van der Waals surface area contributed by atoms with Crippen molar-refractivity contribution in [1.29, 1.82) is 0 Å². The molecule has 1 aromatic heterocycles. The molecule has 0 aliphatic carbocycles. The van der Waals surface area contributed by atoms with Gasteiger partial charge in [-0.05, 0) is 18.1 Å². The van der Waals surface area contributed by atoms with Crippen molar-refractivity contribution in [3.8, 4) is 11.8 Å². The summed E-state index contributed by atoms with van der Waals surface area (Å²) >= 11 is 0. The summed E-state index contributed by atoms with van der Waals surface area (Å²) in [6.07, 6.45) is 1.51. The maximum absolute atomic E-state index is 11.8. The molecule has 5 nitrogen and oxygen atoms in total. The maximum atomic E-state index is 11.8. The number of pyridine rings is 1. The van der Waals surface area contributed by atoms with Crippen molar-refractivity contribution in [2.75, 3.05) is 26.9 Å². The van der Waals surface area contributed by atoms with Crippen molar-refractivity contribution in [1.82, 2.24) is 10.3 Å². The van der Waals surface area contributed by atoms with E-state index < -0.39 is 0 Å². The van der Waals surface area contributed by atoms with Gasteiger partial charge in [0, 0.05) is 25.4 Å². The van der Waals surface area contributed by atoms with Gasteiger partial charge in [0.2, 0.25) is 0 Å². The summed E-state index contributed by atoms with van der Waals surface area (Å²) < 4.78 is 4.99. The fourth-order valence-corrected chi connectivity index (χ4v) is 1.44. The van der Waals surface area contributed by atoms with Gasteiger partial charge in [-0.25, -0.2) is 4.98 Å². The Balaban J connectivity index is 2.53. The fraction of sp³-hybridized carbons (Fsp3) is 0.429. The smallest absolute Gasteiger partial charge is 0.269 e. The van der Waals surface area contributed by atoms with Gasteiger partial charge in [0.1, 0.15) is 12.3 Å². The number of aliphatic hydroxyl groups is 1. The van der Waals surface area contributed by atoms with Crippen LogP contribution in [0.5, 0.6) is 0 Å². The highest BCUT2D eigenvalue weighted by Crippen LogP contribution is 2.00. The quantitative estimate of drug-likeness (QED) is 0.755. The Bertz CT molecular complexity index is 460. The van der Waals surface area contributed by atoms with Crippen LogP contribution in [0.25, 0.3) is 0 Å². The summed E-state index contributed by atoms with van der Waals surface area (Å²) in [6.45, 7) is 2.94. The molecule has 0 spiro atoms. The number of amides is 1. The molecular weight excluding hydrogens is 244 g/mol. The Kier molecular flexibility index (Phi) is 6.58. The number of methoxy groups -OCH3 is 1. The van der Waals surface area contributed by atoms with E-state index in [-0.39, 0.29) is 18.4 Å². The van der Waals surface area contributed by atoms with Gasteiger partial charge in [0.25, 0.3) is 5.91 Å². The van der Waals surface area contributed by atoms with Crippen molar-refractivity contribution in [3.05, 3.63) is 29.6 Å². The highest BCUT2D eigenvalue weighted by molar-refractivity contribution is 5.92. The molecule has 0 aliphatic heterocycles. The van der Waals surface area contributed by atoms with Crippen LogP contribution in [0.1, 0.15) is 23.0 Å². The molecule has 1 amide bonds. The standard InChI is InChI=1S/C14H18N2O3/c1-11(10-19-2)8-16-14(18)13-6-5-12(9-15-13)4-3-7-17/h5-6,9,11,17H,7-8,10H2,1-2H3,(H,16,18). The molecule has 0 aliphatic rings. The van der Waals surface area contributed by atoms with Crippen molar-refractivity contribution in [2.45, 2.75) is 6.92 Å². The first kappa shape index (κ1) is 15.2. The SMILES string of the molecule is COCC(C)CNC(=O)c1ccc(C#CCO)cn1. The van der Waals surface area contributed by atoms with Crippen LogP contribution in [0, 0.1) is 17.8 Å².